The first-order valence-electron chi connectivity index (χ1n) is 6.67. The zero-order valence-electron chi connectivity index (χ0n) is 9.92. The van der Waals surface area contributed by atoms with Crippen LogP contribution in [0.3, 0.4) is 0 Å². The zero-order valence-corrected chi connectivity index (χ0v) is 11.5. The van der Waals surface area contributed by atoms with E-state index in [1.807, 2.05) is 0 Å². The molecule has 2 fully saturated rings. The number of rotatable bonds is 3. The molecule has 0 spiro atoms. The second-order valence-corrected chi connectivity index (χ2v) is 6.91. The van der Waals surface area contributed by atoms with Crippen LogP contribution in [0.25, 0.3) is 0 Å². The van der Waals surface area contributed by atoms with Crippen molar-refractivity contribution in [3.05, 3.63) is 0 Å². The van der Waals surface area contributed by atoms with Crippen LogP contribution in [0.15, 0.2) is 0 Å². The Morgan fingerprint density at radius 2 is 1.80 bits per heavy atom. The van der Waals surface area contributed by atoms with Crippen LogP contribution in [0.5, 0.6) is 0 Å². The normalized spacial score (nSPS) is 32.0. The van der Waals surface area contributed by atoms with Crippen molar-refractivity contribution < 1.29 is 0 Å². The van der Waals surface area contributed by atoms with Crippen LogP contribution in [0.2, 0.25) is 0 Å². The third-order valence-electron chi connectivity index (χ3n) is 4.06. The first kappa shape index (κ1) is 11.9. The van der Waals surface area contributed by atoms with Gasteiger partial charge in [0, 0.05) is 16.9 Å². The standard InChI is InChI=1S/C13H24BrN/c1-11(14)10-13-8-4-5-9-15(13)12-6-2-3-7-12/h11-13H,2-10H2,1H3. The fourth-order valence-corrected chi connectivity index (χ4v) is 3.80. The van der Waals surface area contributed by atoms with Crippen molar-refractivity contribution >= 4 is 15.9 Å². The number of likely N-dealkylation sites (tertiary alicyclic amines) is 1. The van der Waals surface area contributed by atoms with Gasteiger partial charge in [-0.1, -0.05) is 42.1 Å². The Hall–Kier alpha value is 0.440. The molecule has 2 atom stereocenters. The monoisotopic (exact) mass is 273 g/mol. The number of hydrogen-bond donors (Lipinski definition) is 0. The highest BCUT2D eigenvalue weighted by Crippen LogP contribution is 2.31. The van der Waals surface area contributed by atoms with Crippen LogP contribution in [-0.2, 0) is 0 Å². The molecule has 2 heteroatoms. The van der Waals surface area contributed by atoms with Crippen molar-refractivity contribution in [2.24, 2.45) is 0 Å². The Kier molecular flexibility index (Phi) is 4.51. The molecule has 1 saturated heterocycles. The summed E-state index contributed by atoms with van der Waals surface area (Å²) >= 11 is 3.72. The van der Waals surface area contributed by atoms with Gasteiger partial charge in [-0.3, -0.25) is 4.90 Å². The van der Waals surface area contributed by atoms with Crippen LogP contribution < -0.4 is 0 Å². The molecule has 0 amide bonds. The maximum absolute atomic E-state index is 3.72. The summed E-state index contributed by atoms with van der Waals surface area (Å²) in [6, 6.07) is 1.80. The van der Waals surface area contributed by atoms with E-state index in [1.165, 1.54) is 57.9 Å². The molecule has 2 unspecified atom stereocenters. The van der Waals surface area contributed by atoms with Gasteiger partial charge in [0.2, 0.25) is 0 Å². The number of hydrogen-bond acceptors (Lipinski definition) is 1. The summed E-state index contributed by atoms with van der Waals surface area (Å²) in [4.78, 5) is 3.53. The molecule has 1 aliphatic carbocycles. The van der Waals surface area contributed by atoms with Crippen LogP contribution in [0, 0.1) is 0 Å². The topological polar surface area (TPSA) is 3.24 Å². The molecule has 2 rings (SSSR count). The average Bonchev–Trinajstić information content (AvgIpc) is 2.70. The minimum atomic E-state index is 0.685. The number of alkyl halides is 1. The Morgan fingerprint density at radius 3 is 2.47 bits per heavy atom. The minimum Gasteiger partial charge on any atom is -0.297 e. The van der Waals surface area contributed by atoms with E-state index in [0.717, 1.165) is 12.1 Å². The summed E-state index contributed by atoms with van der Waals surface area (Å²) in [5.74, 6) is 0. The van der Waals surface area contributed by atoms with E-state index in [4.69, 9.17) is 0 Å². The van der Waals surface area contributed by atoms with Crippen molar-refractivity contribution in [2.45, 2.75) is 75.2 Å². The molecule has 15 heavy (non-hydrogen) atoms. The molecule has 0 bridgehead atoms. The third-order valence-corrected chi connectivity index (χ3v) is 4.44. The number of piperidine rings is 1. The van der Waals surface area contributed by atoms with Gasteiger partial charge in [-0.25, -0.2) is 0 Å². The van der Waals surface area contributed by atoms with Crippen LogP contribution in [0.4, 0.5) is 0 Å². The summed E-state index contributed by atoms with van der Waals surface area (Å²) < 4.78 is 0. The van der Waals surface area contributed by atoms with Crippen molar-refractivity contribution in [1.82, 2.24) is 4.90 Å². The highest BCUT2D eigenvalue weighted by atomic mass is 79.9. The molecular weight excluding hydrogens is 250 g/mol. The van der Waals surface area contributed by atoms with Gasteiger partial charge in [0.25, 0.3) is 0 Å². The second-order valence-electron chi connectivity index (χ2n) is 5.34. The van der Waals surface area contributed by atoms with E-state index in [2.05, 4.69) is 27.8 Å². The van der Waals surface area contributed by atoms with Gasteiger partial charge in [0.1, 0.15) is 0 Å². The largest absolute Gasteiger partial charge is 0.297 e. The minimum absolute atomic E-state index is 0.685. The molecule has 1 nitrogen and oxygen atoms in total. The number of nitrogens with zero attached hydrogens (tertiary/aromatic N) is 1. The lowest BCUT2D eigenvalue weighted by atomic mass is 9.96. The third kappa shape index (κ3) is 3.20. The quantitative estimate of drug-likeness (QED) is 0.704. The van der Waals surface area contributed by atoms with Crippen molar-refractivity contribution in [1.29, 1.82) is 0 Å². The molecule has 0 N–H and O–H groups in total. The van der Waals surface area contributed by atoms with Crippen molar-refractivity contribution in [3.63, 3.8) is 0 Å². The Balaban J connectivity index is 1.92. The Labute approximate surface area is 103 Å². The van der Waals surface area contributed by atoms with Gasteiger partial charge in [0.15, 0.2) is 0 Å². The lowest BCUT2D eigenvalue weighted by molar-refractivity contribution is 0.0919. The Bertz CT molecular complexity index is 187. The van der Waals surface area contributed by atoms with E-state index in [1.54, 1.807) is 0 Å². The first-order valence-corrected chi connectivity index (χ1v) is 7.59. The van der Waals surface area contributed by atoms with Gasteiger partial charge in [-0.05, 0) is 38.6 Å². The summed E-state index contributed by atoms with van der Waals surface area (Å²) in [5.41, 5.74) is 0. The molecule has 1 heterocycles. The second kappa shape index (κ2) is 5.67. The molecule has 0 aromatic heterocycles. The molecular formula is C13H24BrN. The summed E-state index contributed by atoms with van der Waals surface area (Å²) in [7, 11) is 0. The molecule has 0 aromatic carbocycles. The van der Waals surface area contributed by atoms with Crippen LogP contribution >= 0.6 is 15.9 Å². The maximum Gasteiger partial charge on any atom is 0.0132 e. The first-order chi connectivity index (χ1) is 7.27. The predicted molar refractivity (Wildman–Crippen MR) is 69.6 cm³/mol. The SMILES string of the molecule is CC(Br)CC1CCCCN1C1CCCC1. The van der Waals surface area contributed by atoms with Gasteiger partial charge in [-0.2, -0.15) is 0 Å². The zero-order chi connectivity index (χ0) is 10.7. The van der Waals surface area contributed by atoms with E-state index < -0.39 is 0 Å². The van der Waals surface area contributed by atoms with Crippen molar-refractivity contribution in [2.75, 3.05) is 6.54 Å². The van der Waals surface area contributed by atoms with E-state index in [9.17, 15) is 0 Å². The Morgan fingerprint density at radius 1 is 1.13 bits per heavy atom. The smallest absolute Gasteiger partial charge is 0.0132 e. The maximum atomic E-state index is 3.72. The molecule has 88 valence electrons. The van der Waals surface area contributed by atoms with Gasteiger partial charge >= 0.3 is 0 Å². The summed E-state index contributed by atoms with van der Waals surface area (Å²) in [6.45, 7) is 3.66. The van der Waals surface area contributed by atoms with Crippen LogP contribution in [-0.4, -0.2) is 28.4 Å². The highest BCUT2D eigenvalue weighted by Gasteiger charge is 2.30. The summed E-state index contributed by atoms with van der Waals surface area (Å²) in [5, 5.41) is 0. The lowest BCUT2D eigenvalue weighted by Crippen LogP contribution is -2.45. The fraction of sp³-hybridized carbons (Fsp3) is 1.00. The molecule has 0 aromatic rings. The van der Waals surface area contributed by atoms with Crippen molar-refractivity contribution in [3.8, 4) is 0 Å². The molecule has 0 radical (unpaired) electrons. The lowest BCUT2D eigenvalue weighted by Gasteiger charge is -2.40. The van der Waals surface area contributed by atoms with E-state index >= 15 is 0 Å². The van der Waals surface area contributed by atoms with E-state index in [0.29, 0.717) is 4.83 Å². The van der Waals surface area contributed by atoms with Gasteiger partial charge in [0.05, 0.1) is 0 Å². The van der Waals surface area contributed by atoms with Gasteiger partial charge in [-0.15, -0.1) is 0 Å². The van der Waals surface area contributed by atoms with Gasteiger partial charge < -0.3 is 0 Å². The van der Waals surface area contributed by atoms with Crippen LogP contribution in [0.1, 0.15) is 58.3 Å². The predicted octanol–water partition coefficient (Wildman–Crippen LogP) is 3.96. The highest BCUT2D eigenvalue weighted by molar-refractivity contribution is 9.09. The average molecular weight is 274 g/mol. The molecule has 1 saturated carbocycles. The molecule has 2 aliphatic rings. The summed E-state index contributed by atoms with van der Waals surface area (Å²) in [6.07, 6.45) is 11.5. The van der Waals surface area contributed by atoms with E-state index in [-0.39, 0.29) is 0 Å². The number of halogens is 1. The fourth-order valence-electron chi connectivity index (χ4n) is 3.37. The molecule has 1 aliphatic heterocycles.